The third kappa shape index (κ3) is 3.24. The van der Waals surface area contributed by atoms with Crippen molar-refractivity contribution in [2.75, 3.05) is 0 Å². The molecule has 0 aliphatic carbocycles. The monoisotopic (exact) mass is 301 g/mol. The Hall–Kier alpha value is -2.43. The van der Waals surface area contributed by atoms with E-state index in [4.69, 9.17) is 9.26 Å². The van der Waals surface area contributed by atoms with Gasteiger partial charge in [0.1, 0.15) is 11.3 Å². The summed E-state index contributed by atoms with van der Waals surface area (Å²) in [6.45, 7) is 6.90. The van der Waals surface area contributed by atoms with Crippen LogP contribution < -0.4 is 0 Å². The molecule has 0 saturated carbocycles. The van der Waals surface area contributed by atoms with Crippen molar-refractivity contribution in [2.24, 2.45) is 0 Å². The summed E-state index contributed by atoms with van der Waals surface area (Å²) in [6, 6.07) is 7.30. The number of hydrogen-bond donors (Lipinski definition) is 0. The molecule has 116 valence electrons. The summed E-state index contributed by atoms with van der Waals surface area (Å²) in [7, 11) is 0. The van der Waals surface area contributed by atoms with Crippen LogP contribution in [0.2, 0.25) is 0 Å². The van der Waals surface area contributed by atoms with Crippen LogP contribution in [0.25, 0.3) is 0 Å². The maximum atomic E-state index is 12.3. The van der Waals surface area contributed by atoms with Gasteiger partial charge in [0, 0.05) is 5.56 Å². The molecule has 0 unspecified atom stereocenters. The summed E-state index contributed by atoms with van der Waals surface area (Å²) in [5.41, 5.74) is 2.41. The van der Waals surface area contributed by atoms with E-state index in [9.17, 15) is 9.59 Å². The van der Waals surface area contributed by atoms with E-state index in [1.807, 2.05) is 19.1 Å². The second-order valence-corrected chi connectivity index (χ2v) is 5.16. The lowest BCUT2D eigenvalue weighted by Crippen LogP contribution is -2.25. The quantitative estimate of drug-likeness (QED) is 0.626. The zero-order valence-corrected chi connectivity index (χ0v) is 13.2. The van der Waals surface area contributed by atoms with E-state index in [1.54, 1.807) is 32.9 Å². The van der Waals surface area contributed by atoms with E-state index in [0.29, 0.717) is 17.0 Å². The first kappa shape index (κ1) is 15.9. The number of nitrogens with zero attached hydrogens (tertiary/aromatic N) is 1. The molecule has 2 aromatic rings. The van der Waals surface area contributed by atoms with Crippen LogP contribution in [0.1, 0.15) is 51.6 Å². The van der Waals surface area contributed by atoms with Gasteiger partial charge in [0.2, 0.25) is 5.78 Å². The lowest BCUT2D eigenvalue weighted by Gasteiger charge is -2.12. The van der Waals surface area contributed by atoms with Crippen molar-refractivity contribution >= 4 is 11.8 Å². The van der Waals surface area contributed by atoms with Gasteiger partial charge in [-0.25, -0.2) is 4.79 Å². The Labute approximate surface area is 129 Å². The average Bonchev–Trinajstić information content (AvgIpc) is 2.85. The molecule has 22 heavy (non-hydrogen) atoms. The first-order valence-electron chi connectivity index (χ1n) is 7.21. The van der Waals surface area contributed by atoms with Crippen molar-refractivity contribution in [3.05, 3.63) is 52.4 Å². The highest BCUT2D eigenvalue weighted by Gasteiger charge is 2.24. The van der Waals surface area contributed by atoms with E-state index in [0.717, 1.165) is 12.0 Å². The van der Waals surface area contributed by atoms with Crippen molar-refractivity contribution in [2.45, 2.75) is 40.2 Å². The number of hydrogen-bond acceptors (Lipinski definition) is 5. The third-order valence-electron chi connectivity index (χ3n) is 3.54. The second-order valence-electron chi connectivity index (χ2n) is 5.16. The molecule has 0 bridgehead atoms. The Kier molecular flexibility index (Phi) is 4.75. The fourth-order valence-electron chi connectivity index (χ4n) is 2.19. The number of ether oxygens (including phenoxy) is 1. The Morgan fingerprint density at radius 1 is 1.23 bits per heavy atom. The summed E-state index contributed by atoms with van der Waals surface area (Å²) < 4.78 is 10.2. The molecule has 5 nitrogen and oxygen atoms in total. The van der Waals surface area contributed by atoms with Gasteiger partial charge in [-0.1, -0.05) is 36.3 Å². The first-order valence-corrected chi connectivity index (χ1v) is 7.21. The molecule has 1 atom stereocenters. The minimum Gasteiger partial charge on any atom is -0.451 e. The van der Waals surface area contributed by atoms with Crippen molar-refractivity contribution < 1.29 is 18.8 Å². The molecule has 0 fully saturated rings. The molecule has 0 N–H and O–H groups in total. The van der Waals surface area contributed by atoms with Crippen LogP contribution in [-0.2, 0) is 11.2 Å². The fraction of sp³-hybridized carbons (Fsp3) is 0.353. The number of benzene rings is 1. The average molecular weight is 301 g/mol. The summed E-state index contributed by atoms with van der Waals surface area (Å²) in [5, 5.41) is 3.71. The minimum atomic E-state index is -0.867. The first-order chi connectivity index (χ1) is 10.4. The van der Waals surface area contributed by atoms with E-state index >= 15 is 0 Å². The topological polar surface area (TPSA) is 69.4 Å². The highest BCUT2D eigenvalue weighted by Crippen LogP contribution is 2.16. The third-order valence-corrected chi connectivity index (χ3v) is 3.54. The van der Waals surface area contributed by atoms with E-state index in [1.165, 1.54) is 0 Å². The number of carbonyl (C=O) groups excluding carboxylic acids is 2. The van der Waals surface area contributed by atoms with Gasteiger partial charge in [0.05, 0.1) is 5.69 Å². The lowest BCUT2D eigenvalue weighted by atomic mass is 10.0. The molecule has 0 aliphatic heterocycles. The molecular weight excluding hydrogens is 282 g/mol. The molecule has 2 rings (SSSR count). The Balaban J connectivity index is 2.09. The Morgan fingerprint density at radius 3 is 2.36 bits per heavy atom. The molecular formula is C17H19NO4. The molecule has 1 heterocycles. The molecule has 1 aromatic heterocycles. The molecule has 1 aromatic carbocycles. The number of aryl methyl sites for hydroxylation is 3. The van der Waals surface area contributed by atoms with Gasteiger partial charge >= 0.3 is 5.97 Å². The zero-order valence-electron chi connectivity index (χ0n) is 13.2. The van der Waals surface area contributed by atoms with Crippen molar-refractivity contribution in [1.29, 1.82) is 0 Å². The smallest absolute Gasteiger partial charge is 0.344 e. The summed E-state index contributed by atoms with van der Waals surface area (Å²) in [6.07, 6.45) is 0.0408. The zero-order chi connectivity index (χ0) is 16.3. The number of Topliss-reactive ketones (excluding diaryl/α,β-unsaturated/α-hetero) is 1. The van der Waals surface area contributed by atoms with Gasteiger partial charge in [0.25, 0.3) is 0 Å². The fourth-order valence-corrected chi connectivity index (χ4v) is 2.19. The maximum absolute atomic E-state index is 12.3. The van der Waals surface area contributed by atoms with Crippen LogP contribution in [0.5, 0.6) is 0 Å². The normalized spacial score (nSPS) is 12.0. The lowest BCUT2D eigenvalue weighted by molar-refractivity contribution is 0.0316. The molecule has 0 radical (unpaired) electrons. The number of aromatic nitrogens is 1. The van der Waals surface area contributed by atoms with Crippen LogP contribution in [0.15, 0.2) is 28.8 Å². The van der Waals surface area contributed by atoms with E-state index in [-0.39, 0.29) is 11.3 Å². The summed E-state index contributed by atoms with van der Waals surface area (Å²) >= 11 is 0. The van der Waals surface area contributed by atoms with Gasteiger partial charge in [-0.3, -0.25) is 4.79 Å². The Bertz CT molecular complexity index is 666. The highest BCUT2D eigenvalue weighted by atomic mass is 16.5. The van der Waals surface area contributed by atoms with Gasteiger partial charge in [-0.2, -0.15) is 0 Å². The standard InChI is InChI=1S/C17H19NO4/c1-5-13-6-8-14(9-7-13)16(19)12(4)21-17(20)15-10(2)18-22-11(15)3/h6-9,12H,5H2,1-4H3/t12-/m0/s1. The summed E-state index contributed by atoms with van der Waals surface area (Å²) in [5.74, 6) is -0.445. The van der Waals surface area contributed by atoms with Crippen LogP contribution in [-0.4, -0.2) is 23.0 Å². The van der Waals surface area contributed by atoms with Gasteiger partial charge in [-0.05, 0) is 32.8 Å². The van der Waals surface area contributed by atoms with Gasteiger partial charge in [0.15, 0.2) is 6.10 Å². The van der Waals surface area contributed by atoms with Crippen LogP contribution >= 0.6 is 0 Å². The van der Waals surface area contributed by atoms with E-state index in [2.05, 4.69) is 5.16 Å². The Morgan fingerprint density at radius 2 is 1.86 bits per heavy atom. The second kappa shape index (κ2) is 6.56. The minimum absolute atomic E-state index is 0.234. The van der Waals surface area contributed by atoms with E-state index < -0.39 is 12.1 Å². The predicted octanol–water partition coefficient (Wildman–Crippen LogP) is 3.28. The van der Waals surface area contributed by atoms with Crippen LogP contribution in [0.4, 0.5) is 0 Å². The van der Waals surface area contributed by atoms with Crippen LogP contribution in [0.3, 0.4) is 0 Å². The number of rotatable bonds is 5. The van der Waals surface area contributed by atoms with Gasteiger partial charge < -0.3 is 9.26 Å². The predicted molar refractivity (Wildman–Crippen MR) is 81.0 cm³/mol. The van der Waals surface area contributed by atoms with Crippen molar-refractivity contribution in [3.63, 3.8) is 0 Å². The van der Waals surface area contributed by atoms with Crippen molar-refractivity contribution in [3.8, 4) is 0 Å². The van der Waals surface area contributed by atoms with Crippen LogP contribution in [0, 0.1) is 13.8 Å². The largest absolute Gasteiger partial charge is 0.451 e. The molecule has 0 amide bonds. The molecule has 0 aliphatic rings. The van der Waals surface area contributed by atoms with Crippen molar-refractivity contribution in [1.82, 2.24) is 5.16 Å². The number of carbonyl (C=O) groups is 2. The highest BCUT2D eigenvalue weighted by molar-refractivity contribution is 6.01. The molecule has 5 heteroatoms. The SMILES string of the molecule is CCc1ccc(C(=O)[C@H](C)OC(=O)c2c(C)noc2C)cc1. The molecule has 0 spiro atoms. The molecule has 0 saturated heterocycles. The number of ketones is 1. The maximum Gasteiger partial charge on any atom is 0.344 e. The van der Waals surface area contributed by atoms with Gasteiger partial charge in [-0.15, -0.1) is 0 Å². The number of esters is 1. The summed E-state index contributed by atoms with van der Waals surface area (Å²) in [4.78, 5) is 24.4.